The Balaban J connectivity index is 1.31. The van der Waals surface area contributed by atoms with Gasteiger partial charge in [0, 0.05) is 20.2 Å². The number of rotatable bonds is 4. The van der Waals surface area contributed by atoms with Crippen molar-refractivity contribution in [3.8, 4) is 0 Å². The van der Waals surface area contributed by atoms with Gasteiger partial charge in [0.05, 0.1) is 24.5 Å². The van der Waals surface area contributed by atoms with E-state index in [2.05, 4.69) is 39.8 Å². The van der Waals surface area contributed by atoms with Crippen molar-refractivity contribution in [1.29, 1.82) is 0 Å². The average molecular weight is 354 g/mol. The number of aromatic amines is 1. The normalized spacial score (nSPS) is 18.1. The quantitative estimate of drug-likeness (QED) is 0.887. The molecule has 138 valence electrons. The summed E-state index contributed by atoms with van der Waals surface area (Å²) in [6.07, 6.45) is 4.50. The lowest BCUT2D eigenvalue weighted by atomic mass is 9.74. The van der Waals surface area contributed by atoms with Gasteiger partial charge >= 0.3 is 6.03 Å². The Bertz CT molecular complexity index is 778. The fourth-order valence-electron chi connectivity index (χ4n) is 4.43. The first-order valence-corrected chi connectivity index (χ1v) is 9.33. The van der Waals surface area contributed by atoms with Crippen molar-refractivity contribution in [1.82, 2.24) is 20.4 Å². The molecule has 6 heteroatoms. The third-order valence-corrected chi connectivity index (χ3v) is 5.88. The predicted molar refractivity (Wildman–Crippen MR) is 98.8 cm³/mol. The highest BCUT2D eigenvalue weighted by Crippen LogP contribution is 2.46. The number of benzene rings is 1. The van der Waals surface area contributed by atoms with Crippen LogP contribution in [0.25, 0.3) is 0 Å². The van der Waals surface area contributed by atoms with Gasteiger partial charge in [0.1, 0.15) is 0 Å². The third-order valence-electron chi connectivity index (χ3n) is 5.88. The summed E-state index contributed by atoms with van der Waals surface area (Å²) in [6, 6.07) is 10.7. The number of piperidine rings is 1. The second-order valence-corrected chi connectivity index (χ2v) is 7.40. The number of nitrogens with zero attached hydrogens (tertiary/aromatic N) is 2. The first-order valence-electron chi connectivity index (χ1n) is 9.33. The van der Waals surface area contributed by atoms with Crippen molar-refractivity contribution >= 4 is 6.03 Å². The SMILES string of the molecule is COCc1cc(CNC(=O)N2CCC3(CCc4ccccc43)CC2)[nH]n1. The Morgan fingerprint density at radius 3 is 2.92 bits per heavy atom. The zero-order chi connectivity index (χ0) is 18.0. The van der Waals surface area contributed by atoms with Crippen LogP contribution in [0.5, 0.6) is 0 Å². The molecule has 1 aromatic carbocycles. The maximum atomic E-state index is 12.5. The molecule has 1 spiro atoms. The summed E-state index contributed by atoms with van der Waals surface area (Å²) in [5, 5.41) is 10.1. The zero-order valence-electron chi connectivity index (χ0n) is 15.3. The van der Waals surface area contributed by atoms with E-state index in [1.54, 1.807) is 7.11 Å². The lowest BCUT2D eigenvalue weighted by molar-refractivity contribution is 0.157. The Morgan fingerprint density at radius 1 is 1.31 bits per heavy atom. The second kappa shape index (κ2) is 7.11. The molecule has 1 saturated heterocycles. The molecule has 26 heavy (non-hydrogen) atoms. The Morgan fingerprint density at radius 2 is 2.12 bits per heavy atom. The Labute approximate surface area is 153 Å². The standard InChI is InChI=1S/C20H26N4O2/c1-26-14-17-12-16(22-23-17)13-21-19(25)24-10-8-20(9-11-24)7-6-15-4-2-3-5-18(15)20/h2-5,12H,6-11,13-14H2,1H3,(H,21,25)(H,22,23). The monoisotopic (exact) mass is 354 g/mol. The van der Waals surface area contributed by atoms with E-state index in [-0.39, 0.29) is 11.4 Å². The molecule has 1 aliphatic heterocycles. The molecule has 2 N–H and O–H groups in total. The number of aromatic nitrogens is 2. The molecule has 0 radical (unpaired) electrons. The van der Waals surface area contributed by atoms with Crippen molar-refractivity contribution in [2.24, 2.45) is 0 Å². The number of fused-ring (bicyclic) bond motifs is 2. The molecular formula is C20H26N4O2. The van der Waals surface area contributed by atoms with Crippen LogP contribution in [0.3, 0.4) is 0 Å². The van der Waals surface area contributed by atoms with Crippen molar-refractivity contribution in [3.63, 3.8) is 0 Å². The van der Waals surface area contributed by atoms with E-state index < -0.39 is 0 Å². The van der Waals surface area contributed by atoms with Gasteiger partial charge in [-0.25, -0.2) is 4.79 Å². The second-order valence-electron chi connectivity index (χ2n) is 7.40. The van der Waals surface area contributed by atoms with Crippen LogP contribution in [0.1, 0.15) is 41.8 Å². The minimum absolute atomic E-state index is 0.00836. The van der Waals surface area contributed by atoms with Gasteiger partial charge in [-0.1, -0.05) is 24.3 Å². The molecule has 0 saturated carbocycles. The maximum Gasteiger partial charge on any atom is 0.317 e. The number of carbonyl (C=O) groups excluding carboxylic acids is 1. The van der Waals surface area contributed by atoms with Gasteiger partial charge in [-0.2, -0.15) is 5.10 Å². The number of hydrogen-bond donors (Lipinski definition) is 2. The van der Waals surface area contributed by atoms with E-state index in [9.17, 15) is 4.79 Å². The topological polar surface area (TPSA) is 70.2 Å². The first kappa shape index (κ1) is 17.1. The van der Waals surface area contributed by atoms with Crippen LogP contribution >= 0.6 is 0 Å². The van der Waals surface area contributed by atoms with E-state index in [4.69, 9.17) is 4.74 Å². The van der Waals surface area contributed by atoms with Crippen LogP contribution in [0.15, 0.2) is 30.3 Å². The minimum Gasteiger partial charge on any atom is -0.378 e. The number of methoxy groups -OCH3 is 1. The highest BCUT2D eigenvalue weighted by atomic mass is 16.5. The minimum atomic E-state index is 0.00836. The Kier molecular flexibility index (Phi) is 4.68. The van der Waals surface area contributed by atoms with Crippen LogP contribution in [-0.2, 0) is 29.7 Å². The number of urea groups is 1. The summed E-state index contributed by atoms with van der Waals surface area (Å²) >= 11 is 0. The van der Waals surface area contributed by atoms with E-state index in [1.807, 2.05) is 11.0 Å². The van der Waals surface area contributed by atoms with Crippen molar-refractivity contribution in [2.45, 2.75) is 44.2 Å². The molecule has 2 aromatic rings. The van der Waals surface area contributed by atoms with Crippen LogP contribution in [-0.4, -0.2) is 41.3 Å². The van der Waals surface area contributed by atoms with E-state index >= 15 is 0 Å². The molecule has 1 fully saturated rings. The molecule has 2 aliphatic rings. The van der Waals surface area contributed by atoms with E-state index in [0.29, 0.717) is 13.2 Å². The lowest BCUT2D eigenvalue weighted by Gasteiger charge is -2.40. The molecule has 1 aliphatic carbocycles. The summed E-state index contributed by atoms with van der Waals surface area (Å²) in [7, 11) is 1.64. The first-order chi connectivity index (χ1) is 12.7. The van der Waals surface area contributed by atoms with Crippen molar-refractivity contribution in [3.05, 3.63) is 52.8 Å². The third kappa shape index (κ3) is 3.21. The molecule has 0 unspecified atom stereocenters. The molecule has 1 aromatic heterocycles. The van der Waals surface area contributed by atoms with Crippen LogP contribution in [0, 0.1) is 0 Å². The van der Waals surface area contributed by atoms with Gasteiger partial charge in [-0.3, -0.25) is 5.10 Å². The number of H-pyrrole nitrogens is 1. The highest BCUT2D eigenvalue weighted by Gasteiger charge is 2.41. The number of likely N-dealkylation sites (tertiary alicyclic amines) is 1. The van der Waals surface area contributed by atoms with Crippen LogP contribution < -0.4 is 5.32 Å². The summed E-state index contributed by atoms with van der Waals surface area (Å²) < 4.78 is 5.05. The molecule has 6 nitrogen and oxygen atoms in total. The smallest absolute Gasteiger partial charge is 0.317 e. The predicted octanol–water partition coefficient (Wildman–Crippen LogP) is 2.75. The highest BCUT2D eigenvalue weighted by molar-refractivity contribution is 5.74. The molecular weight excluding hydrogens is 328 g/mol. The number of carbonyl (C=O) groups is 1. The number of amides is 2. The number of hydrogen-bond acceptors (Lipinski definition) is 3. The molecule has 2 amide bonds. The largest absolute Gasteiger partial charge is 0.378 e. The summed E-state index contributed by atoms with van der Waals surface area (Å²) in [5.74, 6) is 0. The molecule has 0 atom stereocenters. The van der Waals surface area contributed by atoms with Gasteiger partial charge in [0.2, 0.25) is 0 Å². The lowest BCUT2D eigenvalue weighted by Crippen LogP contribution is -2.48. The summed E-state index contributed by atoms with van der Waals surface area (Å²) in [5.41, 5.74) is 5.03. The number of aryl methyl sites for hydroxylation is 1. The summed E-state index contributed by atoms with van der Waals surface area (Å²) in [4.78, 5) is 14.5. The fraction of sp³-hybridized carbons (Fsp3) is 0.500. The van der Waals surface area contributed by atoms with Gasteiger partial charge in [0.25, 0.3) is 0 Å². The molecule has 2 heterocycles. The number of nitrogens with one attached hydrogen (secondary N) is 2. The average Bonchev–Trinajstić information content (AvgIpc) is 3.27. The maximum absolute atomic E-state index is 12.5. The van der Waals surface area contributed by atoms with Crippen molar-refractivity contribution < 1.29 is 9.53 Å². The van der Waals surface area contributed by atoms with Gasteiger partial charge in [-0.15, -0.1) is 0 Å². The van der Waals surface area contributed by atoms with Gasteiger partial charge < -0.3 is 15.0 Å². The van der Waals surface area contributed by atoms with E-state index in [0.717, 1.165) is 37.3 Å². The molecule has 4 rings (SSSR count). The van der Waals surface area contributed by atoms with E-state index in [1.165, 1.54) is 24.0 Å². The summed E-state index contributed by atoms with van der Waals surface area (Å²) in [6.45, 7) is 2.57. The van der Waals surface area contributed by atoms with Crippen LogP contribution in [0.2, 0.25) is 0 Å². The number of ether oxygens (including phenoxy) is 1. The Hall–Kier alpha value is -2.34. The fourth-order valence-corrected chi connectivity index (χ4v) is 4.43. The van der Waals surface area contributed by atoms with Crippen molar-refractivity contribution in [2.75, 3.05) is 20.2 Å². The zero-order valence-corrected chi connectivity index (χ0v) is 15.3. The van der Waals surface area contributed by atoms with Gasteiger partial charge in [0.15, 0.2) is 0 Å². The molecule has 0 bridgehead atoms. The van der Waals surface area contributed by atoms with Crippen LogP contribution in [0.4, 0.5) is 4.79 Å². The van der Waals surface area contributed by atoms with Gasteiger partial charge in [-0.05, 0) is 48.3 Å².